The van der Waals surface area contributed by atoms with Crippen molar-refractivity contribution in [3.63, 3.8) is 0 Å². The Morgan fingerprint density at radius 3 is 2.76 bits per heavy atom. The van der Waals surface area contributed by atoms with E-state index in [2.05, 4.69) is 9.97 Å². The van der Waals surface area contributed by atoms with Crippen LogP contribution in [0.4, 0.5) is 18.9 Å². The average molecular weight is 460 g/mol. The number of anilines is 1. The van der Waals surface area contributed by atoms with Gasteiger partial charge in [0.05, 0.1) is 17.3 Å². The molecule has 174 valence electrons. The number of aromatic nitrogens is 2. The molecule has 33 heavy (non-hydrogen) atoms. The third-order valence-electron chi connectivity index (χ3n) is 6.88. The molecule has 11 heteroatoms. The second-order valence-corrected chi connectivity index (χ2v) is 8.91. The number of hydrogen-bond donors (Lipinski definition) is 2. The molecule has 8 nitrogen and oxygen atoms in total. The van der Waals surface area contributed by atoms with Crippen molar-refractivity contribution >= 4 is 11.6 Å². The van der Waals surface area contributed by atoms with Crippen molar-refractivity contribution < 1.29 is 22.7 Å². The van der Waals surface area contributed by atoms with E-state index in [4.69, 9.17) is 16.3 Å². The predicted molar refractivity (Wildman–Crippen MR) is 113 cm³/mol. The molecule has 5 rings (SSSR count). The van der Waals surface area contributed by atoms with Gasteiger partial charge in [-0.3, -0.25) is 9.80 Å². The van der Waals surface area contributed by atoms with Crippen LogP contribution in [0.2, 0.25) is 0 Å². The van der Waals surface area contributed by atoms with Crippen LogP contribution in [-0.4, -0.2) is 39.5 Å². The lowest BCUT2D eigenvalue weighted by atomic mass is 9.73. The number of pyridine rings is 2. The van der Waals surface area contributed by atoms with Gasteiger partial charge < -0.3 is 15.4 Å². The van der Waals surface area contributed by atoms with Gasteiger partial charge in [-0.1, -0.05) is 0 Å². The molecular weight excluding hydrogens is 437 g/mol. The summed E-state index contributed by atoms with van der Waals surface area (Å²) in [6.45, 7) is 2.42. The Bertz CT molecular complexity index is 1120. The number of hydrogen-bond acceptors (Lipinski definition) is 7. The van der Waals surface area contributed by atoms with Gasteiger partial charge in [0.1, 0.15) is 6.10 Å². The molecule has 4 unspecified atom stereocenters. The summed E-state index contributed by atoms with van der Waals surface area (Å²) in [5.41, 5.74) is 6.09. The summed E-state index contributed by atoms with van der Waals surface area (Å²) < 4.78 is 44.3. The van der Waals surface area contributed by atoms with E-state index in [0.717, 1.165) is 30.7 Å². The second-order valence-electron chi connectivity index (χ2n) is 8.91. The van der Waals surface area contributed by atoms with Gasteiger partial charge in [0.25, 0.3) is 5.91 Å². The summed E-state index contributed by atoms with van der Waals surface area (Å²) in [7, 11) is 0. The first kappa shape index (κ1) is 21.5. The van der Waals surface area contributed by atoms with E-state index in [1.54, 1.807) is 17.2 Å². The van der Waals surface area contributed by atoms with Crippen molar-refractivity contribution in [2.75, 3.05) is 11.6 Å². The van der Waals surface area contributed by atoms with E-state index in [1.165, 1.54) is 23.5 Å². The van der Waals surface area contributed by atoms with Crippen LogP contribution in [0.1, 0.15) is 34.5 Å². The van der Waals surface area contributed by atoms with Gasteiger partial charge >= 0.3 is 6.18 Å². The van der Waals surface area contributed by atoms with Crippen LogP contribution in [0.25, 0.3) is 0 Å². The lowest BCUT2D eigenvalue weighted by Crippen LogP contribution is -2.59. The second kappa shape index (κ2) is 7.34. The Morgan fingerprint density at radius 2 is 2.09 bits per heavy atom. The zero-order valence-corrected chi connectivity index (χ0v) is 17.8. The summed E-state index contributed by atoms with van der Waals surface area (Å²) in [5.74, 6) is 6.26. The van der Waals surface area contributed by atoms with Crippen LogP contribution in [0, 0.1) is 18.3 Å². The number of ether oxygens (including phenoxy) is 1. The summed E-state index contributed by atoms with van der Waals surface area (Å²) in [5, 5.41) is 1.25. The molecule has 2 aromatic rings. The van der Waals surface area contributed by atoms with Gasteiger partial charge in [-0.2, -0.15) is 13.2 Å². The normalized spacial score (nSPS) is 27.7. The minimum absolute atomic E-state index is 0.0106. The highest BCUT2D eigenvalue weighted by Gasteiger charge is 2.76. The first-order valence-electron chi connectivity index (χ1n) is 10.5. The number of likely N-dealkylation sites (tertiary alicyclic amines) is 1. The Kier molecular flexibility index (Phi) is 4.78. The van der Waals surface area contributed by atoms with Gasteiger partial charge in [-0.05, 0) is 43.4 Å². The third-order valence-corrected chi connectivity index (χ3v) is 6.88. The lowest BCUT2D eigenvalue weighted by molar-refractivity contribution is -0.137. The summed E-state index contributed by atoms with van der Waals surface area (Å²) in [6.07, 6.45) is 1.99. The van der Waals surface area contributed by atoms with Gasteiger partial charge in [-0.25, -0.2) is 15.8 Å². The molecule has 4 N–H and O–H groups in total. The van der Waals surface area contributed by atoms with Crippen LogP contribution in [-0.2, 0) is 6.18 Å². The van der Waals surface area contributed by atoms with Crippen LogP contribution >= 0.6 is 0 Å². The Morgan fingerprint density at radius 1 is 1.30 bits per heavy atom. The highest BCUT2D eigenvalue weighted by molar-refractivity contribution is 5.98. The van der Waals surface area contributed by atoms with Gasteiger partial charge in [0, 0.05) is 42.8 Å². The van der Waals surface area contributed by atoms with E-state index in [0.29, 0.717) is 18.2 Å². The van der Waals surface area contributed by atoms with Gasteiger partial charge in [0.2, 0.25) is 5.88 Å². The summed E-state index contributed by atoms with van der Waals surface area (Å²) >= 11 is 0. The number of nitrogens with zero attached hydrogens (tertiary/aromatic N) is 4. The smallest absolute Gasteiger partial charge is 0.417 e. The zero-order chi connectivity index (χ0) is 23.5. The lowest BCUT2D eigenvalue weighted by Gasteiger charge is -2.46. The molecule has 2 aliphatic carbocycles. The molecule has 1 aliphatic heterocycles. The maximum Gasteiger partial charge on any atom is 0.417 e. The maximum atomic E-state index is 13.5. The topological polar surface area (TPSA) is 111 Å². The number of aryl methyl sites for hydroxylation is 1. The van der Waals surface area contributed by atoms with Crippen LogP contribution in [0.15, 0.2) is 43.0 Å². The van der Waals surface area contributed by atoms with Gasteiger partial charge in [-0.15, -0.1) is 0 Å². The molecule has 2 saturated carbocycles. The van der Waals surface area contributed by atoms with E-state index in [9.17, 15) is 18.0 Å². The number of piperidine rings is 1. The van der Waals surface area contributed by atoms with Gasteiger partial charge in [0.15, 0.2) is 5.69 Å². The predicted octanol–water partition coefficient (Wildman–Crippen LogP) is 2.60. The van der Waals surface area contributed by atoms with Crippen LogP contribution in [0.5, 0.6) is 5.88 Å². The number of carbonyl (C=O) groups is 1. The fraction of sp³-hybridized carbons (Fsp3) is 0.409. The number of alkyl halides is 3. The Balaban J connectivity index is 1.37. The van der Waals surface area contributed by atoms with Crippen molar-refractivity contribution in [2.45, 2.75) is 38.1 Å². The van der Waals surface area contributed by atoms with Crippen molar-refractivity contribution in [3.8, 4) is 5.88 Å². The Hall–Kier alpha value is -3.34. The molecule has 0 radical (unpaired) electrons. The third kappa shape index (κ3) is 3.47. The Labute approximate surface area is 188 Å². The molecule has 2 aromatic heterocycles. The van der Waals surface area contributed by atoms with Crippen LogP contribution in [0.3, 0.4) is 0 Å². The number of carbonyl (C=O) groups excluding carboxylic acids is 1. The molecule has 3 heterocycles. The molecule has 1 saturated heterocycles. The monoisotopic (exact) mass is 460 g/mol. The minimum Gasteiger partial charge on any atom is -0.472 e. The fourth-order valence-electron chi connectivity index (χ4n) is 5.25. The molecule has 3 fully saturated rings. The van der Waals surface area contributed by atoms with E-state index in [1.807, 2.05) is 6.92 Å². The first-order valence-corrected chi connectivity index (χ1v) is 10.5. The molecule has 0 aromatic carbocycles. The minimum atomic E-state index is -4.46. The van der Waals surface area contributed by atoms with Crippen molar-refractivity contribution in [3.05, 3.63) is 59.8 Å². The standard InChI is InChI=1S/C22H23F3N6O2/c1-12-6-15(31(27)5-4-26)18(29-9-12)20(32)30-11-14-7-21(14)8-16(19(21)30)33-17-3-2-13(10-28-17)22(23,24)25/h2-6,9-10,14,16,19H,7-8,11,26-27H2,1H3/b5-4-. The number of rotatable bonds is 5. The quantitative estimate of drug-likeness (QED) is 0.521. The fourth-order valence-corrected chi connectivity index (χ4v) is 5.25. The number of nitrogens with two attached hydrogens (primary N) is 2. The number of halogens is 3. The number of hydrazine groups is 1. The molecule has 1 spiro atoms. The van der Waals surface area contributed by atoms with Crippen molar-refractivity contribution in [2.24, 2.45) is 22.9 Å². The molecule has 0 bridgehead atoms. The van der Waals surface area contributed by atoms with Crippen LogP contribution < -0.4 is 21.3 Å². The van der Waals surface area contributed by atoms with E-state index in [-0.39, 0.29) is 35.0 Å². The first-order chi connectivity index (χ1) is 15.6. The van der Waals surface area contributed by atoms with E-state index >= 15 is 0 Å². The number of amides is 1. The molecule has 4 atom stereocenters. The summed E-state index contributed by atoms with van der Waals surface area (Å²) in [4.78, 5) is 23.4. The molecule has 3 aliphatic rings. The van der Waals surface area contributed by atoms with Crippen molar-refractivity contribution in [1.29, 1.82) is 0 Å². The highest BCUT2D eigenvalue weighted by atomic mass is 19.4. The largest absolute Gasteiger partial charge is 0.472 e. The molecule has 1 amide bonds. The van der Waals surface area contributed by atoms with Crippen molar-refractivity contribution in [1.82, 2.24) is 14.9 Å². The highest BCUT2D eigenvalue weighted by Crippen LogP contribution is 2.71. The SMILES string of the molecule is Cc1cnc(C(=O)N2CC3CC34CC(Oc3ccc(C(F)(F)F)cn3)C24)c(N(N)/C=C\N)c1. The zero-order valence-electron chi connectivity index (χ0n) is 17.8. The maximum absolute atomic E-state index is 13.5. The summed E-state index contributed by atoms with van der Waals surface area (Å²) in [6, 6.07) is 3.72. The van der Waals surface area contributed by atoms with E-state index < -0.39 is 11.7 Å². The average Bonchev–Trinajstić information content (AvgIpc) is 3.41. The molecular formula is C22H23F3N6O2.